The average Bonchev–Trinajstić information content (AvgIpc) is 2.12. The van der Waals surface area contributed by atoms with Crippen LogP contribution in [0.3, 0.4) is 0 Å². The summed E-state index contributed by atoms with van der Waals surface area (Å²) < 4.78 is 27.4. The molecule has 0 saturated heterocycles. The minimum Gasteiger partial charge on any atom is -0.393 e. The number of hydrogen-bond donors (Lipinski definition) is 1. The Bertz CT molecular complexity index is 233. The lowest BCUT2D eigenvalue weighted by atomic mass is 10.1. The van der Waals surface area contributed by atoms with Crippen LogP contribution in [0.15, 0.2) is 0 Å². The second-order valence-corrected chi connectivity index (χ2v) is 5.73. The molecule has 0 aliphatic carbocycles. The van der Waals surface area contributed by atoms with E-state index in [0.29, 0.717) is 12.8 Å². The van der Waals surface area contributed by atoms with Crippen molar-refractivity contribution in [2.24, 2.45) is 0 Å². The molecule has 0 aliphatic heterocycles. The van der Waals surface area contributed by atoms with Crippen molar-refractivity contribution in [3.63, 3.8) is 0 Å². The van der Waals surface area contributed by atoms with Gasteiger partial charge >= 0.3 is 0 Å². The summed E-state index contributed by atoms with van der Waals surface area (Å²) in [6, 6.07) is 0. The Kier molecular flexibility index (Phi) is 6.31. The third-order valence-electron chi connectivity index (χ3n) is 1.98. The first-order valence-electron chi connectivity index (χ1n) is 4.91. The average molecular weight is 224 g/mol. The van der Waals surface area contributed by atoms with Gasteiger partial charge in [0.2, 0.25) is 0 Å². The molecular formula is C9H20O4S. The number of rotatable bonds is 7. The molecule has 2 atom stereocenters. The van der Waals surface area contributed by atoms with Crippen LogP contribution >= 0.6 is 0 Å². The normalized spacial score (nSPS) is 16.6. The SMILES string of the molecule is CCC(CC(C)O)OCS(=O)(=O)CC. The third kappa shape index (κ3) is 6.34. The molecule has 0 spiro atoms. The van der Waals surface area contributed by atoms with E-state index in [4.69, 9.17) is 9.84 Å². The summed E-state index contributed by atoms with van der Waals surface area (Å²) in [6.45, 7) is 5.17. The molecule has 86 valence electrons. The topological polar surface area (TPSA) is 63.6 Å². The zero-order valence-corrected chi connectivity index (χ0v) is 9.88. The Morgan fingerprint density at radius 3 is 2.29 bits per heavy atom. The van der Waals surface area contributed by atoms with E-state index in [0.717, 1.165) is 0 Å². The van der Waals surface area contributed by atoms with E-state index < -0.39 is 15.9 Å². The summed E-state index contributed by atoms with van der Waals surface area (Å²) in [4.78, 5) is 0. The first kappa shape index (κ1) is 13.9. The lowest BCUT2D eigenvalue weighted by molar-refractivity contribution is 0.0388. The van der Waals surface area contributed by atoms with Crippen LogP contribution in [-0.4, -0.2) is 37.4 Å². The van der Waals surface area contributed by atoms with Gasteiger partial charge in [-0.25, -0.2) is 8.42 Å². The molecule has 0 radical (unpaired) electrons. The zero-order valence-electron chi connectivity index (χ0n) is 9.06. The van der Waals surface area contributed by atoms with Crippen molar-refractivity contribution in [3.05, 3.63) is 0 Å². The monoisotopic (exact) mass is 224 g/mol. The van der Waals surface area contributed by atoms with Gasteiger partial charge < -0.3 is 9.84 Å². The van der Waals surface area contributed by atoms with E-state index >= 15 is 0 Å². The molecule has 2 unspecified atom stereocenters. The van der Waals surface area contributed by atoms with Crippen molar-refractivity contribution in [2.75, 3.05) is 11.7 Å². The molecule has 0 aromatic heterocycles. The molecule has 5 heteroatoms. The quantitative estimate of drug-likeness (QED) is 0.699. The smallest absolute Gasteiger partial charge is 0.173 e. The van der Waals surface area contributed by atoms with E-state index in [9.17, 15) is 8.42 Å². The van der Waals surface area contributed by atoms with Crippen molar-refractivity contribution in [1.29, 1.82) is 0 Å². The Labute approximate surface area is 86.2 Å². The minimum absolute atomic E-state index is 0.0954. The van der Waals surface area contributed by atoms with Crippen molar-refractivity contribution in [2.45, 2.75) is 45.8 Å². The van der Waals surface area contributed by atoms with Gasteiger partial charge in [-0.15, -0.1) is 0 Å². The van der Waals surface area contributed by atoms with Gasteiger partial charge in [-0.1, -0.05) is 13.8 Å². The largest absolute Gasteiger partial charge is 0.393 e. The Balaban J connectivity index is 3.96. The minimum atomic E-state index is -3.06. The van der Waals surface area contributed by atoms with Gasteiger partial charge in [0.1, 0.15) is 5.94 Å². The predicted octanol–water partition coefficient (Wildman–Crippen LogP) is 0.945. The highest BCUT2D eigenvalue weighted by Crippen LogP contribution is 2.08. The maximum absolute atomic E-state index is 11.1. The van der Waals surface area contributed by atoms with E-state index in [1.165, 1.54) is 0 Å². The molecule has 14 heavy (non-hydrogen) atoms. The maximum atomic E-state index is 11.1. The third-order valence-corrected chi connectivity index (χ3v) is 3.36. The molecule has 4 nitrogen and oxygen atoms in total. The second-order valence-electron chi connectivity index (χ2n) is 3.43. The summed E-state index contributed by atoms with van der Waals surface area (Å²) in [5.74, 6) is -0.146. The van der Waals surface area contributed by atoms with Gasteiger partial charge in [-0.2, -0.15) is 0 Å². The fourth-order valence-corrected chi connectivity index (χ4v) is 1.58. The van der Waals surface area contributed by atoms with Crippen molar-refractivity contribution < 1.29 is 18.3 Å². The van der Waals surface area contributed by atoms with E-state index in [1.807, 2.05) is 6.92 Å². The highest BCUT2D eigenvalue weighted by atomic mass is 32.2. The highest BCUT2D eigenvalue weighted by molar-refractivity contribution is 7.91. The molecule has 0 saturated carbocycles. The van der Waals surface area contributed by atoms with E-state index in [1.54, 1.807) is 13.8 Å². The van der Waals surface area contributed by atoms with Crippen LogP contribution in [0.5, 0.6) is 0 Å². The molecule has 0 aromatic carbocycles. The van der Waals surface area contributed by atoms with Crippen LogP contribution in [0, 0.1) is 0 Å². The van der Waals surface area contributed by atoms with Crippen LogP contribution in [0.2, 0.25) is 0 Å². The molecule has 0 amide bonds. The highest BCUT2D eigenvalue weighted by Gasteiger charge is 2.14. The predicted molar refractivity (Wildman–Crippen MR) is 55.8 cm³/mol. The van der Waals surface area contributed by atoms with Gasteiger partial charge in [0, 0.05) is 5.75 Å². The lowest BCUT2D eigenvalue weighted by Crippen LogP contribution is -2.22. The van der Waals surface area contributed by atoms with Gasteiger partial charge in [0.05, 0.1) is 12.2 Å². The van der Waals surface area contributed by atoms with E-state index in [-0.39, 0.29) is 17.8 Å². The first-order chi connectivity index (χ1) is 6.41. The van der Waals surface area contributed by atoms with Crippen LogP contribution in [0.25, 0.3) is 0 Å². The number of aliphatic hydroxyl groups excluding tert-OH is 1. The van der Waals surface area contributed by atoms with Crippen molar-refractivity contribution in [3.8, 4) is 0 Å². The Morgan fingerprint density at radius 1 is 1.36 bits per heavy atom. The molecule has 0 bridgehead atoms. The zero-order chi connectivity index (χ0) is 11.2. The Morgan fingerprint density at radius 2 is 1.93 bits per heavy atom. The van der Waals surface area contributed by atoms with Crippen LogP contribution in [0.1, 0.15) is 33.6 Å². The van der Waals surface area contributed by atoms with Gasteiger partial charge in [0.15, 0.2) is 9.84 Å². The van der Waals surface area contributed by atoms with E-state index in [2.05, 4.69) is 0 Å². The van der Waals surface area contributed by atoms with Crippen LogP contribution in [-0.2, 0) is 14.6 Å². The molecule has 0 fully saturated rings. The van der Waals surface area contributed by atoms with Gasteiger partial charge in [-0.05, 0) is 19.8 Å². The Hall–Kier alpha value is -0.130. The maximum Gasteiger partial charge on any atom is 0.173 e. The van der Waals surface area contributed by atoms with Gasteiger partial charge in [-0.3, -0.25) is 0 Å². The summed E-state index contributed by atoms with van der Waals surface area (Å²) in [7, 11) is -3.06. The van der Waals surface area contributed by atoms with Crippen LogP contribution in [0.4, 0.5) is 0 Å². The number of hydrogen-bond acceptors (Lipinski definition) is 4. The lowest BCUT2D eigenvalue weighted by Gasteiger charge is -2.17. The molecule has 1 N–H and O–H groups in total. The number of ether oxygens (including phenoxy) is 1. The summed E-state index contributed by atoms with van der Waals surface area (Å²) in [5.41, 5.74) is 0. The molecule has 0 aliphatic rings. The van der Waals surface area contributed by atoms with Crippen molar-refractivity contribution >= 4 is 9.84 Å². The summed E-state index contributed by atoms with van der Waals surface area (Å²) in [6.07, 6.45) is 0.570. The fraction of sp³-hybridized carbons (Fsp3) is 1.00. The number of aliphatic hydroxyl groups is 1. The fourth-order valence-electron chi connectivity index (χ4n) is 1.02. The number of sulfone groups is 1. The second kappa shape index (κ2) is 6.37. The first-order valence-corrected chi connectivity index (χ1v) is 6.73. The summed E-state index contributed by atoms with van der Waals surface area (Å²) >= 11 is 0. The molecular weight excluding hydrogens is 204 g/mol. The van der Waals surface area contributed by atoms with Crippen LogP contribution < -0.4 is 0 Å². The molecule has 0 aromatic rings. The molecule has 0 heterocycles. The standard InChI is InChI=1S/C9H20O4S/c1-4-9(6-8(3)10)13-7-14(11,12)5-2/h8-10H,4-7H2,1-3H3. The van der Waals surface area contributed by atoms with Gasteiger partial charge in [0.25, 0.3) is 0 Å². The summed E-state index contributed by atoms with van der Waals surface area (Å²) in [5, 5.41) is 9.11. The van der Waals surface area contributed by atoms with Crippen molar-refractivity contribution in [1.82, 2.24) is 0 Å². The molecule has 0 rings (SSSR count).